The maximum atomic E-state index is 13.1. The predicted octanol–water partition coefficient (Wildman–Crippen LogP) is 3.02. The maximum absolute atomic E-state index is 13.1. The van der Waals surface area contributed by atoms with E-state index in [2.05, 4.69) is 9.97 Å². The van der Waals surface area contributed by atoms with Crippen LogP contribution in [0.3, 0.4) is 0 Å². The first-order chi connectivity index (χ1) is 10.2. The van der Waals surface area contributed by atoms with Gasteiger partial charge in [0, 0.05) is 18.3 Å². The molecule has 0 fully saturated rings. The molecule has 5 heteroatoms. The fourth-order valence-electron chi connectivity index (χ4n) is 2.42. The van der Waals surface area contributed by atoms with Gasteiger partial charge in [0.15, 0.2) is 5.78 Å². The Hall–Kier alpha value is -2.56. The summed E-state index contributed by atoms with van der Waals surface area (Å²) in [6.45, 7) is 2.73. The Morgan fingerprint density at radius 3 is 2.86 bits per heavy atom. The normalized spacial score (nSPS) is 11.0. The van der Waals surface area contributed by atoms with Crippen molar-refractivity contribution >= 4 is 16.8 Å². The van der Waals surface area contributed by atoms with Crippen molar-refractivity contribution in [1.29, 1.82) is 0 Å². The van der Waals surface area contributed by atoms with Crippen LogP contribution in [-0.2, 0) is 13.0 Å². The van der Waals surface area contributed by atoms with Gasteiger partial charge in [0.2, 0.25) is 0 Å². The quantitative estimate of drug-likeness (QED) is 0.691. The van der Waals surface area contributed by atoms with E-state index in [1.807, 2.05) is 35.8 Å². The van der Waals surface area contributed by atoms with Crippen LogP contribution in [0.25, 0.3) is 11.0 Å². The molecule has 3 aromatic rings. The highest BCUT2D eigenvalue weighted by Crippen LogP contribution is 2.17. The highest BCUT2D eigenvalue weighted by Gasteiger charge is 2.15. The van der Waals surface area contributed by atoms with E-state index >= 15 is 0 Å². The van der Waals surface area contributed by atoms with Crippen molar-refractivity contribution in [3.05, 3.63) is 59.9 Å². The van der Waals surface area contributed by atoms with Crippen LogP contribution in [0.15, 0.2) is 42.7 Å². The third kappa shape index (κ3) is 2.54. The molecule has 0 spiro atoms. The molecular formula is C16H14FN3O. The number of para-hydroxylation sites is 2. The Labute approximate surface area is 121 Å². The summed E-state index contributed by atoms with van der Waals surface area (Å²) in [5.41, 5.74) is 2.13. The van der Waals surface area contributed by atoms with E-state index in [0.717, 1.165) is 23.8 Å². The zero-order valence-corrected chi connectivity index (χ0v) is 11.6. The summed E-state index contributed by atoms with van der Waals surface area (Å²) < 4.78 is 15.1. The maximum Gasteiger partial charge on any atom is 0.172 e. The molecule has 2 aromatic heterocycles. The second-order valence-electron chi connectivity index (χ2n) is 4.75. The van der Waals surface area contributed by atoms with Gasteiger partial charge < -0.3 is 4.57 Å². The lowest BCUT2D eigenvalue weighted by Crippen LogP contribution is -2.10. The first-order valence-electron chi connectivity index (χ1n) is 6.77. The zero-order valence-electron chi connectivity index (χ0n) is 11.6. The lowest BCUT2D eigenvalue weighted by molar-refractivity contribution is 0.0989. The summed E-state index contributed by atoms with van der Waals surface area (Å²) in [6, 6.07) is 8.95. The number of nitrogens with zero attached hydrogens (tertiary/aromatic N) is 3. The number of aromatic nitrogens is 3. The summed E-state index contributed by atoms with van der Waals surface area (Å²) >= 11 is 0. The molecule has 1 aromatic carbocycles. The van der Waals surface area contributed by atoms with Gasteiger partial charge in [-0.2, -0.15) is 0 Å². The van der Waals surface area contributed by atoms with E-state index in [1.165, 1.54) is 12.3 Å². The van der Waals surface area contributed by atoms with E-state index in [4.69, 9.17) is 0 Å². The van der Waals surface area contributed by atoms with Crippen molar-refractivity contribution in [2.45, 2.75) is 19.9 Å². The summed E-state index contributed by atoms with van der Waals surface area (Å²) in [5, 5.41) is 0. The first-order valence-corrected chi connectivity index (χ1v) is 6.77. The molecule has 0 saturated carbocycles. The number of imidazole rings is 1. The van der Waals surface area contributed by atoms with Gasteiger partial charge in [0.05, 0.1) is 23.7 Å². The van der Waals surface area contributed by atoms with Crippen LogP contribution < -0.4 is 0 Å². The summed E-state index contributed by atoms with van der Waals surface area (Å²) in [5.74, 6) is -0.00943. The summed E-state index contributed by atoms with van der Waals surface area (Å²) in [7, 11) is 0. The first kappa shape index (κ1) is 13.4. The number of benzene rings is 1. The molecule has 0 aliphatic heterocycles. The number of halogens is 1. The van der Waals surface area contributed by atoms with Crippen LogP contribution in [0.5, 0.6) is 0 Å². The minimum atomic E-state index is -0.509. The van der Waals surface area contributed by atoms with Gasteiger partial charge in [-0.3, -0.25) is 9.78 Å². The molecule has 0 N–H and O–H groups in total. The molecule has 0 unspecified atom stereocenters. The minimum absolute atomic E-state index is 0.133. The Morgan fingerprint density at radius 1 is 1.29 bits per heavy atom. The van der Waals surface area contributed by atoms with Gasteiger partial charge in [-0.05, 0) is 25.1 Å². The SMILES string of the molecule is CCn1c(CC(=O)c2cncc(F)c2)nc2ccccc21. The molecule has 0 saturated heterocycles. The minimum Gasteiger partial charge on any atom is -0.328 e. The number of hydrogen-bond acceptors (Lipinski definition) is 3. The van der Waals surface area contributed by atoms with E-state index in [-0.39, 0.29) is 17.8 Å². The van der Waals surface area contributed by atoms with Gasteiger partial charge in [0.1, 0.15) is 11.6 Å². The third-order valence-electron chi connectivity index (χ3n) is 3.40. The lowest BCUT2D eigenvalue weighted by Gasteiger charge is -2.05. The van der Waals surface area contributed by atoms with Crippen LogP contribution in [0.4, 0.5) is 4.39 Å². The Balaban J connectivity index is 1.96. The monoisotopic (exact) mass is 283 g/mol. The largest absolute Gasteiger partial charge is 0.328 e. The third-order valence-corrected chi connectivity index (χ3v) is 3.40. The number of hydrogen-bond donors (Lipinski definition) is 0. The van der Waals surface area contributed by atoms with E-state index < -0.39 is 5.82 Å². The van der Waals surface area contributed by atoms with E-state index in [9.17, 15) is 9.18 Å². The van der Waals surface area contributed by atoms with Crippen molar-refractivity contribution in [1.82, 2.24) is 14.5 Å². The van der Waals surface area contributed by atoms with Crippen molar-refractivity contribution in [2.24, 2.45) is 0 Å². The van der Waals surface area contributed by atoms with Crippen LogP contribution in [-0.4, -0.2) is 20.3 Å². The van der Waals surface area contributed by atoms with Crippen LogP contribution in [0.2, 0.25) is 0 Å². The second kappa shape index (κ2) is 5.44. The van der Waals surface area contributed by atoms with Gasteiger partial charge in [-0.15, -0.1) is 0 Å². The molecule has 106 valence electrons. The molecule has 4 nitrogen and oxygen atoms in total. The summed E-state index contributed by atoms with van der Waals surface area (Å²) in [6.07, 6.45) is 2.59. The molecule has 2 heterocycles. The fourth-order valence-corrected chi connectivity index (χ4v) is 2.42. The number of aryl methyl sites for hydroxylation is 1. The van der Waals surface area contributed by atoms with Crippen molar-refractivity contribution in [2.75, 3.05) is 0 Å². The predicted molar refractivity (Wildman–Crippen MR) is 77.6 cm³/mol. The Morgan fingerprint density at radius 2 is 2.10 bits per heavy atom. The van der Waals surface area contributed by atoms with Crippen LogP contribution >= 0.6 is 0 Å². The molecule has 0 aliphatic rings. The number of Topliss-reactive ketones (excluding diaryl/α,β-unsaturated/α-hetero) is 1. The van der Waals surface area contributed by atoms with Gasteiger partial charge in [-0.1, -0.05) is 12.1 Å². The van der Waals surface area contributed by atoms with E-state index in [0.29, 0.717) is 5.82 Å². The molecule has 0 aliphatic carbocycles. The number of carbonyl (C=O) groups excluding carboxylic acids is 1. The number of carbonyl (C=O) groups is 1. The fraction of sp³-hybridized carbons (Fsp3) is 0.188. The molecule has 0 atom stereocenters. The number of rotatable bonds is 4. The highest BCUT2D eigenvalue weighted by molar-refractivity contribution is 5.97. The topological polar surface area (TPSA) is 47.8 Å². The Kier molecular flexibility index (Phi) is 3.48. The lowest BCUT2D eigenvalue weighted by atomic mass is 10.1. The van der Waals surface area contributed by atoms with Crippen molar-refractivity contribution in [3.63, 3.8) is 0 Å². The zero-order chi connectivity index (χ0) is 14.8. The average molecular weight is 283 g/mol. The molecular weight excluding hydrogens is 269 g/mol. The van der Waals surface area contributed by atoms with Gasteiger partial charge >= 0.3 is 0 Å². The average Bonchev–Trinajstić information content (AvgIpc) is 2.84. The Bertz CT molecular complexity index is 810. The molecule has 0 amide bonds. The number of fused-ring (bicyclic) bond motifs is 1. The van der Waals surface area contributed by atoms with E-state index in [1.54, 1.807) is 0 Å². The second-order valence-corrected chi connectivity index (χ2v) is 4.75. The van der Waals surface area contributed by atoms with Crippen molar-refractivity contribution in [3.8, 4) is 0 Å². The standard InChI is InChI=1S/C16H14FN3O/c1-2-20-14-6-4-3-5-13(14)19-16(20)8-15(21)11-7-12(17)10-18-9-11/h3-7,9-10H,2,8H2,1H3. The van der Waals surface area contributed by atoms with Gasteiger partial charge in [0.25, 0.3) is 0 Å². The van der Waals surface area contributed by atoms with Crippen LogP contribution in [0, 0.1) is 5.82 Å². The number of ketones is 1. The van der Waals surface area contributed by atoms with Gasteiger partial charge in [-0.25, -0.2) is 9.37 Å². The number of pyridine rings is 1. The van der Waals surface area contributed by atoms with Crippen LogP contribution in [0.1, 0.15) is 23.1 Å². The smallest absolute Gasteiger partial charge is 0.172 e. The van der Waals surface area contributed by atoms with Crippen molar-refractivity contribution < 1.29 is 9.18 Å². The molecule has 0 bridgehead atoms. The summed E-state index contributed by atoms with van der Waals surface area (Å²) in [4.78, 5) is 20.5. The molecule has 3 rings (SSSR count). The molecule has 21 heavy (non-hydrogen) atoms. The molecule has 0 radical (unpaired) electrons. The highest BCUT2D eigenvalue weighted by atomic mass is 19.1.